The van der Waals surface area contributed by atoms with Crippen molar-refractivity contribution in [3.05, 3.63) is 0 Å². The highest BCUT2D eigenvalue weighted by molar-refractivity contribution is 5.94. The summed E-state index contributed by atoms with van der Waals surface area (Å²) in [6, 6.07) is -3.35. The molecule has 1 aliphatic rings. The molecule has 4 atom stereocenters. The van der Waals surface area contributed by atoms with E-state index in [-0.39, 0.29) is 37.3 Å². The zero-order valence-electron chi connectivity index (χ0n) is 19.1. The zero-order valence-corrected chi connectivity index (χ0v) is 19.1. The number of carboxylic acid groups (broad SMARTS) is 1. The van der Waals surface area contributed by atoms with Gasteiger partial charge >= 0.3 is 5.97 Å². The van der Waals surface area contributed by atoms with Crippen molar-refractivity contribution in [1.82, 2.24) is 21.3 Å². The van der Waals surface area contributed by atoms with Crippen LogP contribution in [0.4, 0.5) is 0 Å². The van der Waals surface area contributed by atoms with Crippen molar-refractivity contribution in [1.29, 1.82) is 0 Å². The van der Waals surface area contributed by atoms with Crippen LogP contribution in [0.3, 0.4) is 0 Å². The fourth-order valence-electron chi connectivity index (χ4n) is 3.38. The summed E-state index contributed by atoms with van der Waals surface area (Å²) in [5.41, 5.74) is 16.1. The van der Waals surface area contributed by atoms with Gasteiger partial charge in [0.25, 0.3) is 0 Å². The van der Waals surface area contributed by atoms with Gasteiger partial charge < -0.3 is 43.6 Å². The first-order chi connectivity index (χ1) is 15.6. The molecule has 0 aliphatic carbocycles. The molecule has 0 bridgehead atoms. The van der Waals surface area contributed by atoms with Gasteiger partial charge in [-0.1, -0.05) is 0 Å². The Balaban J connectivity index is 2.76. The van der Waals surface area contributed by atoms with E-state index in [1.165, 1.54) is 6.92 Å². The number of guanidine groups is 1. The minimum Gasteiger partial charge on any atom is -0.480 e. The molecule has 0 aromatic carbocycles. The highest BCUT2D eigenvalue weighted by Crippen LogP contribution is 2.07. The maximum atomic E-state index is 12.8. The van der Waals surface area contributed by atoms with E-state index in [4.69, 9.17) is 17.2 Å². The first-order valence-electron chi connectivity index (χ1n) is 11.3. The molecule has 0 radical (unpaired) electrons. The quantitative estimate of drug-likeness (QED) is 0.0716. The molecule has 1 heterocycles. The summed E-state index contributed by atoms with van der Waals surface area (Å²) in [6.07, 6.45) is 3.50. The van der Waals surface area contributed by atoms with Crippen LogP contribution in [-0.4, -0.2) is 78.6 Å². The number of unbranched alkanes of at least 4 members (excludes halogenated alkanes) is 1. The van der Waals surface area contributed by atoms with Crippen LogP contribution in [0.25, 0.3) is 0 Å². The number of aliphatic carboxylic acids is 1. The second-order valence-electron chi connectivity index (χ2n) is 8.07. The Bertz CT molecular complexity index is 692. The Morgan fingerprint density at radius 1 is 1.03 bits per heavy atom. The zero-order chi connectivity index (χ0) is 24.8. The van der Waals surface area contributed by atoms with Gasteiger partial charge in [-0.3, -0.25) is 19.4 Å². The number of carboxylic acids is 1. The number of carbonyl (C=O) groups is 4. The van der Waals surface area contributed by atoms with E-state index in [0.717, 1.165) is 13.0 Å². The lowest BCUT2D eigenvalue weighted by atomic mass is 10.1. The number of amides is 3. The van der Waals surface area contributed by atoms with Gasteiger partial charge in [0, 0.05) is 6.54 Å². The lowest BCUT2D eigenvalue weighted by Gasteiger charge is -2.23. The Morgan fingerprint density at radius 2 is 1.70 bits per heavy atom. The third kappa shape index (κ3) is 11.0. The van der Waals surface area contributed by atoms with E-state index in [1.807, 2.05) is 0 Å². The van der Waals surface area contributed by atoms with Gasteiger partial charge in [-0.25, -0.2) is 4.79 Å². The maximum Gasteiger partial charge on any atom is 0.326 e. The minimum atomic E-state index is -1.17. The Hall–Kier alpha value is -2.93. The second kappa shape index (κ2) is 15.0. The van der Waals surface area contributed by atoms with Gasteiger partial charge in [0.1, 0.15) is 18.1 Å². The highest BCUT2D eigenvalue weighted by atomic mass is 16.4. The van der Waals surface area contributed by atoms with Crippen molar-refractivity contribution in [3.8, 4) is 0 Å². The predicted molar refractivity (Wildman–Crippen MR) is 123 cm³/mol. The summed E-state index contributed by atoms with van der Waals surface area (Å²) in [4.78, 5) is 53.1. The molecular weight excluding hydrogens is 432 g/mol. The van der Waals surface area contributed by atoms with Crippen LogP contribution in [0.15, 0.2) is 4.99 Å². The summed E-state index contributed by atoms with van der Waals surface area (Å²) in [7, 11) is 0. The number of nitrogens with one attached hydrogen (secondary N) is 4. The second-order valence-corrected chi connectivity index (χ2v) is 8.07. The summed E-state index contributed by atoms with van der Waals surface area (Å²) in [5, 5.41) is 20.2. The number of hydrogen-bond donors (Lipinski definition) is 8. The van der Waals surface area contributed by atoms with E-state index in [0.29, 0.717) is 32.2 Å². The van der Waals surface area contributed by atoms with Gasteiger partial charge in [0.05, 0.1) is 6.04 Å². The van der Waals surface area contributed by atoms with Crippen molar-refractivity contribution in [2.75, 3.05) is 19.6 Å². The molecule has 1 rings (SSSR count). The lowest BCUT2D eigenvalue weighted by Crippen LogP contribution is -2.56. The molecule has 0 aromatic rings. The number of nitrogens with zero attached hydrogens (tertiary/aromatic N) is 1. The van der Waals surface area contributed by atoms with Crippen LogP contribution in [0, 0.1) is 0 Å². The lowest BCUT2D eigenvalue weighted by molar-refractivity contribution is -0.142. The Kier molecular flexibility index (Phi) is 12.8. The van der Waals surface area contributed by atoms with Crippen molar-refractivity contribution in [2.45, 2.75) is 76.0 Å². The minimum absolute atomic E-state index is 0.0947. The van der Waals surface area contributed by atoms with Gasteiger partial charge in [-0.05, 0) is 65.0 Å². The third-order valence-corrected chi connectivity index (χ3v) is 5.27. The number of rotatable bonds is 15. The molecule has 188 valence electrons. The fraction of sp³-hybridized carbons (Fsp3) is 0.750. The van der Waals surface area contributed by atoms with E-state index in [1.54, 1.807) is 0 Å². The summed E-state index contributed by atoms with van der Waals surface area (Å²) in [5.74, 6) is -2.74. The van der Waals surface area contributed by atoms with Gasteiger partial charge in [-0.2, -0.15) is 0 Å². The largest absolute Gasteiger partial charge is 0.480 e. The van der Waals surface area contributed by atoms with E-state index < -0.39 is 35.9 Å². The molecule has 0 saturated carbocycles. The number of nitrogens with two attached hydrogens (primary N) is 3. The van der Waals surface area contributed by atoms with E-state index in [9.17, 15) is 24.3 Å². The predicted octanol–water partition coefficient (Wildman–Crippen LogP) is -2.52. The smallest absolute Gasteiger partial charge is 0.326 e. The molecule has 33 heavy (non-hydrogen) atoms. The molecular formula is C20H38N8O5. The number of carbonyl (C=O) groups excluding carboxylic acids is 3. The van der Waals surface area contributed by atoms with Crippen LogP contribution < -0.4 is 38.5 Å². The molecule has 1 fully saturated rings. The van der Waals surface area contributed by atoms with Crippen LogP contribution in [-0.2, 0) is 19.2 Å². The van der Waals surface area contributed by atoms with Gasteiger partial charge in [0.2, 0.25) is 17.7 Å². The summed E-state index contributed by atoms with van der Waals surface area (Å²) in [6.45, 7) is 2.92. The monoisotopic (exact) mass is 470 g/mol. The average molecular weight is 471 g/mol. The average Bonchev–Trinajstić information content (AvgIpc) is 3.29. The van der Waals surface area contributed by atoms with Crippen molar-refractivity contribution < 1.29 is 24.3 Å². The summed E-state index contributed by atoms with van der Waals surface area (Å²) >= 11 is 0. The van der Waals surface area contributed by atoms with Crippen molar-refractivity contribution >= 4 is 29.7 Å². The van der Waals surface area contributed by atoms with Crippen LogP contribution in [0.5, 0.6) is 0 Å². The van der Waals surface area contributed by atoms with Crippen molar-refractivity contribution in [3.63, 3.8) is 0 Å². The molecule has 1 saturated heterocycles. The van der Waals surface area contributed by atoms with Gasteiger partial charge in [-0.15, -0.1) is 0 Å². The molecule has 4 unspecified atom stereocenters. The summed E-state index contributed by atoms with van der Waals surface area (Å²) < 4.78 is 0. The standard InChI is InChI=1S/C20H38N8O5/c1-12(26-17(30)13-7-4-10-24-13)16(29)27-14(8-5-11-25-20(22)23)18(31)28-15(19(32)33)6-2-3-9-21/h12-15,24H,2-11,21H2,1H3,(H,26,30)(H,27,29)(H,28,31)(H,32,33)(H4,22,23,25). The Labute approximate surface area is 193 Å². The maximum absolute atomic E-state index is 12.8. The van der Waals surface area contributed by atoms with Crippen LogP contribution in [0.2, 0.25) is 0 Å². The SMILES string of the molecule is CC(NC(=O)C1CCCN1)C(=O)NC(CCCN=C(N)N)C(=O)NC(CCCCN)C(=O)O. The van der Waals surface area contributed by atoms with Crippen LogP contribution in [0.1, 0.15) is 51.9 Å². The van der Waals surface area contributed by atoms with Crippen molar-refractivity contribution in [2.24, 2.45) is 22.2 Å². The first-order valence-corrected chi connectivity index (χ1v) is 11.3. The van der Waals surface area contributed by atoms with Crippen LogP contribution >= 0.6 is 0 Å². The molecule has 13 nitrogen and oxygen atoms in total. The fourth-order valence-corrected chi connectivity index (χ4v) is 3.38. The van der Waals surface area contributed by atoms with E-state index in [2.05, 4.69) is 26.3 Å². The molecule has 11 N–H and O–H groups in total. The molecule has 13 heteroatoms. The topological polar surface area (TPSA) is 227 Å². The van der Waals surface area contributed by atoms with Gasteiger partial charge in [0.15, 0.2) is 5.96 Å². The molecule has 3 amide bonds. The third-order valence-electron chi connectivity index (χ3n) is 5.27. The normalized spacial score (nSPS) is 17.9. The number of hydrogen-bond acceptors (Lipinski definition) is 7. The number of aliphatic imine (C=N–C) groups is 1. The highest BCUT2D eigenvalue weighted by Gasteiger charge is 2.29. The molecule has 0 spiro atoms. The Morgan fingerprint density at radius 3 is 2.27 bits per heavy atom. The van der Waals surface area contributed by atoms with E-state index >= 15 is 0 Å². The first kappa shape index (κ1) is 28.1. The molecule has 1 aliphatic heterocycles. The molecule has 0 aromatic heterocycles.